The first-order chi connectivity index (χ1) is 12.3. The molecule has 0 aromatic heterocycles. The van der Waals surface area contributed by atoms with Crippen molar-refractivity contribution in [3.63, 3.8) is 0 Å². The number of carbonyl (C=O) groups is 3. The van der Waals surface area contributed by atoms with E-state index in [1.54, 1.807) is 20.8 Å². The summed E-state index contributed by atoms with van der Waals surface area (Å²) in [6.45, 7) is 4.98. The van der Waals surface area contributed by atoms with E-state index in [4.69, 9.17) is 14.2 Å². The van der Waals surface area contributed by atoms with Crippen molar-refractivity contribution in [2.45, 2.75) is 43.3 Å². The molecule has 0 bridgehead atoms. The van der Waals surface area contributed by atoms with Gasteiger partial charge in [-0.25, -0.2) is 0 Å². The molecule has 142 valence electrons. The van der Waals surface area contributed by atoms with Crippen molar-refractivity contribution in [2.24, 2.45) is 11.8 Å². The third-order valence-corrected chi connectivity index (χ3v) is 4.98. The van der Waals surface area contributed by atoms with Gasteiger partial charge in [0.2, 0.25) is 0 Å². The molecule has 0 amide bonds. The number of carbonyl (C=O) groups excluding carboxylic acids is 3. The molecule has 4 atom stereocenters. The minimum Gasteiger partial charge on any atom is -0.464 e. The van der Waals surface area contributed by atoms with Gasteiger partial charge in [0.25, 0.3) is 0 Å². The molecule has 1 aliphatic heterocycles. The smallest absolute Gasteiger partial charge is 0.322 e. The number of ether oxygens (including phenoxy) is 3. The first-order valence-electron chi connectivity index (χ1n) is 8.55. The highest BCUT2D eigenvalue weighted by Gasteiger charge is 2.41. The van der Waals surface area contributed by atoms with Crippen molar-refractivity contribution < 1.29 is 28.6 Å². The number of halogens is 1. The van der Waals surface area contributed by atoms with Gasteiger partial charge in [-0.15, -0.1) is 0 Å². The first kappa shape index (κ1) is 20.7. The Labute approximate surface area is 166 Å². The van der Waals surface area contributed by atoms with Gasteiger partial charge < -0.3 is 14.2 Å². The monoisotopic (exact) mass is 474 g/mol. The lowest BCUT2D eigenvalue weighted by Crippen LogP contribution is -2.43. The normalized spacial score (nSPS) is 27.0. The fourth-order valence-corrected chi connectivity index (χ4v) is 2.96. The van der Waals surface area contributed by atoms with Crippen LogP contribution in [0.15, 0.2) is 30.3 Å². The van der Waals surface area contributed by atoms with Crippen LogP contribution in [0.4, 0.5) is 0 Å². The van der Waals surface area contributed by atoms with Crippen LogP contribution in [-0.2, 0) is 35.0 Å². The lowest BCUT2D eigenvalue weighted by Gasteiger charge is -2.29. The molecule has 26 heavy (non-hydrogen) atoms. The fourth-order valence-electron chi connectivity index (χ4n) is 2.63. The Morgan fingerprint density at radius 1 is 1.23 bits per heavy atom. The van der Waals surface area contributed by atoms with Gasteiger partial charge in [0, 0.05) is 0 Å². The van der Waals surface area contributed by atoms with E-state index in [2.05, 4.69) is 0 Å². The predicted molar refractivity (Wildman–Crippen MR) is 103 cm³/mol. The summed E-state index contributed by atoms with van der Waals surface area (Å²) >= 11 is 1.88. The Hall–Kier alpha value is -1.64. The van der Waals surface area contributed by atoms with Crippen molar-refractivity contribution in [1.82, 2.24) is 0 Å². The number of esters is 3. The summed E-state index contributed by atoms with van der Waals surface area (Å²) < 4.78 is 15.7. The molecule has 1 fully saturated rings. The van der Waals surface area contributed by atoms with Gasteiger partial charge in [-0.05, 0) is 18.9 Å². The van der Waals surface area contributed by atoms with Gasteiger partial charge in [-0.1, -0.05) is 66.8 Å². The van der Waals surface area contributed by atoms with Crippen LogP contribution in [-0.4, -0.2) is 40.6 Å². The maximum absolute atomic E-state index is 12.7. The van der Waals surface area contributed by atoms with Gasteiger partial charge in [0.15, 0.2) is 6.10 Å². The van der Waals surface area contributed by atoms with Crippen LogP contribution in [0.3, 0.4) is 0 Å². The minimum atomic E-state index is -0.914. The molecule has 2 rings (SSSR count). The molecule has 0 N–H and O–H groups in total. The molecule has 1 aromatic carbocycles. The molecule has 7 heteroatoms. The number of hydrogen-bond donors (Lipinski definition) is 0. The fraction of sp³-hybridized carbons (Fsp3) is 0.526. The van der Waals surface area contributed by atoms with Gasteiger partial charge in [0.05, 0.1) is 5.92 Å². The first-order valence-corrected chi connectivity index (χ1v) is 9.79. The Bertz CT molecular complexity index is 645. The van der Waals surface area contributed by atoms with Crippen LogP contribution in [0.5, 0.6) is 0 Å². The lowest BCUT2D eigenvalue weighted by molar-refractivity contribution is -0.176. The van der Waals surface area contributed by atoms with E-state index in [0.717, 1.165) is 5.56 Å². The molecule has 1 heterocycles. The van der Waals surface area contributed by atoms with Crippen LogP contribution in [0, 0.1) is 11.8 Å². The van der Waals surface area contributed by atoms with E-state index in [0.29, 0.717) is 6.42 Å². The summed E-state index contributed by atoms with van der Waals surface area (Å²) in [5.74, 6) is -2.56. The summed E-state index contributed by atoms with van der Waals surface area (Å²) in [5, 5.41) is 0. The predicted octanol–water partition coefficient (Wildman–Crippen LogP) is 2.71. The molecular formula is C19H23IO6. The third-order valence-electron chi connectivity index (χ3n) is 4.11. The van der Waals surface area contributed by atoms with Crippen molar-refractivity contribution >= 4 is 40.5 Å². The molecule has 0 saturated carbocycles. The summed E-state index contributed by atoms with van der Waals surface area (Å²) in [6.07, 6.45) is -1.35. The van der Waals surface area contributed by atoms with Crippen LogP contribution in [0.2, 0.25) is 0 Å². The maximum atomic E-state index is 12.7. The Morgan fingerprint density at radius 2 is 1.88 bits per heavy atom. The lowest BCUT2D eigenvalue weighted by atomic mass is 9.91. The van der Waals surface area contributed by atoms with Crippen LogP contribution >= 0.6 is 22.6 Å². The van der Waals surface area contributed by atoms with Gasteiger partial charge >= 0.3 is 17.9 Å². The van der Waals surface area contributed by atoms with Crippen molar-refractivity contribution in [3.05, 3.63) is 35.9 Å². The van der Waals surface area contributed by atoms with Crippen LogP contribution in [0.25, 0.3) is 0 Å². The van der Waals surface area contributed by atoms with Crippen LogP contribution < -0.4 is 0 Å². The number of rotatable bonds is 4. The molecule has 1 saturated heterocycles. The van der Waals surface area contributed by atoms with Crippen molar-refractivity contribution in [2.75, 3.05) is 6.61 Å². The summed E-state index contributed by atoms with van der Waals surface area (Å²) in [5.41, 5.74) is 0.906. The van der Waals surface area contributed by atoms with Crippen molar-refractivity contribution in [3.8, 4) is 0 Å². The summed E-state index contributed by atoms with van der Waals surface area (Å²) in [6, 6.07) is 9.40. The molecule has 1 aromatic rings. The second kappa shape index (κ2) is 9.34. The van der Waals surface area contributed by atoms with E-state index in [-0.39, 0.29) is 12.5 Å². The van der Waals surface area contributed by atoms with E-state index >= 15 is 0 Å². The topological polar surface area (TPSA) is 78.9 Å². The molecule has 6 nitrogen and oxygen atoms in total. The number of hydrogen-bond acceptors (Lipinski definition) is 6. The molecular weight excluding hydrogens is 451 g/mol. The SMILES string of the molecule is CC(C)C(=O)O[C@H]1[C@H](C)OC(=O)[C@@H](I)COC(=O)[C@@H]1Cc1ccccc1. The van der Waals surface area contributed by atoms with E-state index < -0.39 is 40.0 Å². The Balaban J connectivity index is 2.34. The second-order valence-electron chi connectivity index (χ2n) is 6.59. The summed E-state index contributed by atoms with van der Waals surface area (Å²) in [4.78, 5) is 37.0. The molecule has 0 unspecified atom stereocenters. The molecule has 1 aliphatic rings. The average molecular weight is 474 g/mol. The highest BCUT2D eigenvalue weighted by molar-refractivity contribution is 14.1. The maximum Gasteiger partial charge on any atom is 0.322 e. The quantitative estimate of drug-likeness (QED) is 0.289. The average Bonchev–Trinajstić information content (AvgIpc) is 2.64. The Morgan fingerprint density at radius 3 is 2.50 bits per heavy atom. The largest absolute Gasteiger partial charge is 0.464 e. The number of benzene rings is 1. The Kier molecular flexibility index (Phi) is 7.43. The van der Waals surface area contributed by atoms with E-state index in [1.807, 2.05) is 52.9 Å². The van der Waals surface area contributed by atoms with Crippen molar-refractivity contribution in [1.29, 1.82) is 0 Å². The summed E-state index contributed by atoms with van der Waals surface area (Å²) in [7, 11) is 0. The highest BCUT2D eigenvalue weighted by atomic mass is 127. The zero-order chi connectivity index (χ0) is 19.3. The molecule has 0 spiro atoms. The standard InChI is InChI=1S/C19H23IO6/c1-11(2)17(21)26-16-12(3)25-19(23)15(20)10-24-18(22)14(16)9-13-7-5-4-6-8-13/h4-8,11-12,14-16H,9-10H2,1-3H3/t12-,14+,15-,16-/m0/s1. The highest BCUT2D eigenvalue weighted by Crippen LogP contribution is 2.25. The second-order valence-corrected chi connectivity index (χ2v) is 8.10. The number of alkyl halides is 1. The van der Waals surface area contributed by atoms with Gasteiger partial charge in [-0.3, -0.25) is 14.4 Å². The molecule has 0 aliphatic carbocycles. The third kappa shape index (κ3) is 5.43. The number of cyclic esters (lactones) is 2. The van der Waals surface area contributed by atoms with E-state index in [1.165, 1.54) is 0 Å². The minimum absolute atomic E-state index is 0.0684. The van der Waals surface area contributed by atoms with Gasteiger partial charge in [-0.2, -0.15) is 0 Å². The van der Waals surface area contributed by atoms with Crippen LogP contribution in [0.1, 0.15) is 26.3 Å². The van der Waals surface area contributed by atoms with Gasteiger partial charge in [0.1, 0.15) is 22.6 Å². The zero-order valence-electron chi connectivity index (χ0n) is 15.0. The molecule has 0 radical (unpaired) electrons. The zero-order valence-corrected chi connectivity index (χ0v) is 17.2. The van der Waals surface area contributed by atoms with E-state index in [9.17, 15) is 14.4 Å².